The predicted molar refractivity (Wildman–Crippen MR) is 66.2 cm³/mol. The van der Waals surface area contributed by atoms with Gasteiger partial charge in [0.15, 0.2) is 6.29 Å². The summed E-state index contributed by atoms with van der Waals surface area (Å²) >= 11 is 13.1. The number of halogens is 2. The van der Waals surface area contributed by atoms with E-state index in [2.05, 4.69) is 0 Å². The van der Waals surface area contributed by atoms with E-state index in [0.717, 1.165) is 6.29 Å². The minimum Gasteiger partial charge on any atom is -0.455 e. The van der Waals surface area contributed by atoms with Crippen LogP contribution < -0.4 is 4.74 Å². The highest BCUT2D eigenvalue weighted by Crippen LogP contribution is 2.33. The Labute approximate surface area is 106 Å². The van der Waals surface area contributed by atoms with Gasteiger partial charge in [-0.1, -0.05) is 23.2 Å². The number of rotatable bonds is 3. The third-order valence-corrected chi connectivity index (χ3v) is 3.22. The van der Waals surface area contributed by atoms with Crippen LogP contribution in [0.3, 0.4) is 0 Å². The molecule has 0 aliphatic carbocycles. The average Bonchev–Trinajstić information content (AvgIpc) is 2.71. The Bertz CT molecular complexity index is 522. The van der Waals surface area contributed by atoms with Gasteiger partial charge in [-0.3, -0.25) is 4.79 Å². The Morgan fingerprint density at radius 2 is 2.06 bits per heavy atom. The van der Waals surface area contributed by atoms with Crippen LogP contribution in [0, 0.1) is 0 Å². The molecule has 1 aromatic heterocycles. The van der Waals surface area contributed by atoms with Crippen molar-refractivity contribution in [3.8, 4) is 11.5 Å². The Balaban J connectivity index is 2.26. The van der Waals surface area contributed by atoms with Gasteiger partial charge in [0.1, 0.15) is 11.5 Å². The molecule has 2 aromatic rings. The maximum Gasteiger partial charge on any atom is 0.160 e. The Kier molecular flexibility index (Phi) is 3.49. The highest BCUT2D eigenvalue weighted by molar-refractivity contribution is 7.11. The molecule has 0 N–H and O–H groups in total. The van der Waals surface area contributed by atoms with Crippen LogP contribution in [0.15, 0.2) is 29.6 Å². The lowest BCUT2D eigenvalue weighted by Crippen LogP contribution is -1.83. The van der Waals surface area contributed by atoms with E-state index >= 15 is 0 Å². The number of ether oxygens (including phenoxy) is 1. The summed E-state index contributed by atoms with van der Waals surface area (Å²) in [5, 5.41) is 2.76. The van der Waals surface area contributed by atoms with Crippen molar-refractivity contribution in [1.82, 2.24) is 0 Å². The summed E-state index contributed by atoms with van der Waals surface area (Å²) in [4.78, 5) is 11.1. The van der Waals surface area contributed by atoms with Crippen LogP contribution >= 0.6 is 34.5 Å². The van der Waals surface area contributed by atoms with E-state index in [9.17, 15) is 4.79 Å². The van der Waals surface area contributed by atoms with E-state index in [1.54, 1.807) is 29.6 Å². The number of carbonyl (C=O) groups excluding carboxylic acids is 1. The molecule has 0 fully saturated rings. The van der Waals surface area contributed by atoms with E-state index in [1.165, 1.54) is 11.3 Å². The number of hydrogen-bond acceptors (Lipinski definition) is 3. The van der Waals surface area contributed by atoms with Crippen molar-refractivity contribution in [1.29, 1.82) is 0 Å². The standard InChI is InChI=1S/C11H6Cl2O2S/c12-7-1-2-10(13)11(3-7)15-8-4-9(5-14)16-6-8/h1-6H. The fraction of sp³-hybridized carbons (Fsp3) is 0. The zero-order valence-corrected chi connectivity index (χ0v) is 10.3. The Morgan fingerprint density at radius 3 is 2.75 bits per heavy atom. The van der Waals surface area contributed by atoms with Crippen LogP contribution in [-0.2, 0) is 0 Å². The fourth-order valence-corrected chi connectivity index (χ4v) is 2.06. The summed E-state index contributed by atoms with van der Waals surface area (Å²) in [6.07, 6.45) is 0.775. The van der Waals surface area contributed by atoms with Crippen molar-refractivity contribution >= 4 is 40.8 Å². The van der Waals surface area contributed by atoms with Gasteiger partial charge < -0.3 is 4.74 Å². The molecule has 2 rings (SSSR count). The van der Waals surface area contributed by atoms with Crippen LogP contribution in [0.2, 0.25) is 10.0 Å². The van der Waals surface area contributed by atoms with Crippen molar-refractivity contribution in [2.45, 2.75) is 0 Å². The Hall–Kier alpha value is -1.03. The first-order chi connectivity index (χ1) is 7.69. The molecule has 0 unspecified atom stereocenters. The topological polar surface area (TPSA) is 26.3 Å². The van der Waals surface area contributed by atoms with Gasteiger partial charge in [-0.05, 0) is 12.1 Å². The van der Waals surface area contributed by atoms with Gasteiger partial charge in [0.2, 0.25) is 0 Å². The summed E-state index contributed by atoms with van der Waals surface area (Å²) in [6, 6.07) is 6.62. The summed E-state index contributed by atoms with van der Waals surface area (Å²) in [6.45, 7) is 0. The molecular formula is C11H6Cl2O2S. The van der Waals surface area contributed by atoms with Crippen molar-refractivity contribution < 1.29 is 9.53 Å². The van der Waals surface area contributed by atoms with Crippen LogP contribution in [-0.4, -0.2) is 6.29 Å². The second-order valence-electron chi connectivity index (χ2n) is 2.98. The van der Waals surface area contributed by atoms with E-state index in [4.69, 9.17) is 27.9 Å². The molecule has 82 valence electrons. The van der Waals surface area contributed by atoms with Crippen molar-refractivity contribution in [3.05, 3.63) is 44.6 Å². The highest BCUT2D eigenvalue weighted by atomic mass is 35.5. The van der Waals surface area contributed by atoms with Crippen LogP contribution in [0.1, 0.15) is 9.67 Å². The molecule has 0 aliphatic heterocycles. The smallest absolute Gasteiger partial charge is 0.160 e. The SMILES string of the molecule is O=Cc1cc(Oc2cc(Cl)ccc2Cl)cs1. The highest BCUT2D eigenvalue weighted by Gasteiger charge is 2.06. The molecule has 0 aliphatic rings. The minimum absolute atomic E-state index is 0.475. The summed E-state index contributed by atoms with van der Waals surface area (Å²) in [5.41, 5.74) is 0. The van der Waals surface area contributed by atoms with Crippen LogP contribution in [0.5, 0.6) is 11.5 Å². The lowest BCUT2D eigenvalue weighted by Gasteiger charge is -2.05. The van der Waals surface area contributed by atoms with Crippen LogP contribution in [0.25, 0.3) is 0 Å². The van der Waals surface area contributed by atoms with Crippen molar-refractivity contribution in [3.63, 3.8) is 0 Å². The molecule has 0 atom stereocenters. The molecule has 2 nitrogen and oxygen atoms in total. The minimum atomic E-state index is 0.475. The quantitative estimate of drug-likeness (QED) is 0.760. The van der Waals surface area contributed by atoms with Crippen LogP contribution in [0.4, 0.5) is 0 Å². The largest absolute Gasteiger partial charge is 0.455 e. The first-order valence-corrected chi connectivity index (χ1v) is 5.99. The molecular weight excluding hydrogens is 267 g/mol. The summed E-state index contributed by atoms with van der Waals surface area (Å²) in [5.74, 6) is 1.06. The first kappa shape index (κ1) is 11.5. The molecule has 0 saturated carbocycles. The molecule has 0 radical (unpaired) electrons. The van der Waals surface area contributed by atoms with Gasteiger partial charge in [0.25, 0.3) is 0 Å². The molecule has 0 bridgehead atoms. The van der Waals surface area contributed by atoms with Gasteiger partial charge in [-0.25, -0.2) is 0 Å². The molecule has 5 heteroatoms. The maximum atomic E-state index is 10.5. The lowest BCUT2D eigenvalue weighted by atomic mass is 10.3. The third kappa shape index (κ3) is 2.55. The summed E-state index contributed by atoms with van der Waals surface area (Å²) < 4.78 is 5.51. The third-order valence-electron chi connectivity index (χ3n) is 1.83. The average molecular weight is 273 g/mol. The van der Waals surface area contributed by atoms with E-state index in [0.29, 0.717) is 26.4 Å². The molecule has 0 spiro atoms. The van der Waals surface area contributed by atoms with Gasteiger partial charge >= 0.3 is 0 Å². The second-order valence-corrected chi connectivity index (χ2v) is 4.77. The molecule has 0 saturated heterocycles. The monoisotopic (exact) mass is 272 g/mol. The number of benzene rings is 1. The Morgan fingerprint density at radius 1 is 1.25 bits per heavy atom. The zero-order chi connectivity index (χ0) is 11.5. The van der Waals surface area contributed by atoms with Crippen molar-refractivity contribution in [2.24, 2.45) is 0 Å². The second kappa shape index (κ2) is 4.87. The number of thiophene rings is 1. The van der Waals surface area contributed by atoms with Gasteiger partial charge in [0.05, 0.1) is 9.90 Å². The summed E-state index contributed by atoms with van der Waals surface area (Å²) in [7, 11) is 0. The van der Waals surface area contributed by atoms with E-state index in [-0.39, 0.29) is 0 Å². The molecule has 16 heavy (non-hydrogen) atoms. The molecule has 0 amide bonds. The number of hydrogen-bond donors (Lipinski definition) is 0. The van der Waals surface area contributed by atoms with Gasteiger partial charge in [-0.15, -0.1) is 11.3 Å². The normalized spacial score (nSPS) is 10.1. The van der Waals surface area contributed by atoms with Gasteiger partial charge in [-0.2, -0.15) is 0 Å². The molecule has 1 heterocycles. The first-order valence-electron chi connectivity index (χ1n) is 4.35. The predicted octanol–water partition coefficient (Wildman–Crippen LogP) is 4.66. The maximum absolute atomic E-state index is 10.5. The number of aldehydes is 1. The van der Waals surface area contributed by atoms with Gasteiger partial charge in [0, 0.05) is 22.5 Å². The van der Waals surface area contributed by atoms with E-state index in [1.807, 2.05) is 0 Å². The number of carbonyl (C=O) groups is 1. The lowest BCUT2D eigenvalue weighted by molar-refractivity contribution is 0.112. The van der Waals surface area contributed by atoms with Crippen molar-refractivity contribution in [2.75, 3.05) is 0 Å². The molecule has 1 aromatic carbocycles. The van der Waals surface area contributed by atoms with E-state index < -0.39 is 0 Å². The zero-order valence-electron chi connectivity index (χ0n) is 7.94. The fourth-order valence-electron chi connectivity index (χ4n) is 1.13.